The van der Waals surface area contributed by atoms with Gasteiger partial charge in [-0.2, -0.15) is 11.8 Å². The zero-order chi connectivity index (χ0) is 21.6. The Morgan fingerprint density at radius 3 is 1.62 bits per heavy atom. The van der Waals surface area contributed by atoms with Gasteiger partial charge in [-0.25, -0.2) is 0 Å². The largest absolute Gasteiger partial charge is 0.396 e. The second kappa shape index (κ2) is 21.5. The highest BCUT2D eigenvalue weighted by atomic mass is 32.2. The van der Waals surface area contributed by atoms with Gasteiger partial charge >= 0.3 is 0 Å². The molecule has 176 valence electrons. The third-order valence-corrected chi connectivity index (χ3v) is 7.53. The molecular formula is C26H56NOS+. The summed E-state index contributed by atoms with van der Waals surface area (Å²) < 4.78 is 1.05. The summed E-state index contributed by atoms with van der Waals surface area (Å²) in [5.74, 6) is 3.48. The van der Waals surface area contributed by atoms with Gasteiger partial charge in [-0.15, -0.1) is 0 Å². The Balaban J connectivity index is 3.39. The van der Waals surface area contributed by atoms with Crippen molar-refractivity contribution in [3.05, 3.63) is 0 Å². The van der Waals surface area contributed by atoms with E-state index < -0.39 is 0 Å². The van der Waals surface area contributed by atoms with E-state index in [1.54, 1.807) is 0 Å². The quantitative estimate of drug-likeness (QED) is 0.132. The van der Waals surface area contributed by atoms with Gasteiger partial charge in [0.1, 0.15) is 0 Å². The molecule has 0 spiro atoms. The summed E-state index contributed by atoms with van der Waals surface area (Å²) in [6, 6.07) is 0. The molecule has 0 amide bonds. The van der Waals surface area contributed by atoms with Crippen LogP contribution in [0, 0.1) is 5.92 Å². The van der Waals surface area contributed by atoms with Crippen LogP contribution in [0.15, 0.2) is 0 Å². The Kier molecular flexibility index (Phi) is 21.7. The van der Waals surface area contributed by atoms with Crippen molar-refractivity contribution in [2.45, 2.75) is 117 Å². The van der Waals surface area contributed by atoms with Gasteiger partial charge < -0.3 is 9.59 Å². The van der Waals surface area contributed by atoms with Crippen molar-refractivity contribution in [3.63, 3.8) is 0 Å². The minimum absolute atomic E-state index is 0.326. The molecule has 0 heterocycles. The topological polar surface area (TPSA) is 20.2 Å². The lowest BCUT2D eigenvalue weighted by atomic mass is 10.0. The van der Waals surface area contributed by atoms with Crippen LogP contribution in [0.4, 0.5) is 0 Å². The summed E-state index contributed by atoms with van der Waals surface area (Å²) in [7, 11) is 4.63. The number of nitrogens with zero attached hydrogens (tertiary/aromatic N) is 1. The van der Waals surface area contributed by atoms with Crippen molar-refractivity contribution in [1.29, 1.82) is 0 Å². The molecule has 1 N–H and O–H groups in total. The van der Waals surface area contributed by atoms with Gasteiger partial charge in [0.15, 0.2) is 0 Å². The molecule has 0 radical (unpaired) electrons. The first-order valence-corrected chi connectivity index (χ1v) is 14.2. The standard InChI is InChI=1S/C26H56NOS/c1-5-7-8-9-10-11-12-13-14-15-16-17-18-19-23-29-25-26(6-2)24-27(3,4)21-20-22-28/h26,28H,5-25H2,1-4H3/q+1. The SMILES string of the molecule is CCCCCCCCCCCCCCCCSCC(CC)C[N+](C)(C)CCCO. The molecule has 29 heavy (non-hydrogen) atoms. The lowest BCUT2D eigenvalue weighted by Crippen LogP contribution is -2.44. The van der Waals surface area contributed by atoms with Crippen molar-refractivity contribution >= 4 is 11.8 Å². The first kappa shape index (κ1) is 29.3. The molecule has 0 bridgehead atoms. The minimum Gasteiger partial charge on any atom is -0.396 e. The molecule has 0 saturated heterocycles. The van der Waals surface area contributed by atoms with Crippen molar-refractivity contribution in [3.8, 4) is 0 Å². The number of thioether (sulfide) groups is 1. The molecule has 3 heteroatoms. The molecule has 0 saturated carbocycles. The normalized spacial score (nSPS) is 13.1. The Morgan fingerprint density at radius 1 is 0.690 bits per heavy atom. The highest BCUT2D eigenvalue weighted by Gasteiger charge is 2.20. The van der Waals surface area contributed by atoms with Crippen LogP contribution in [0.5, 0.6) is 0 Å². The van der Waals surface area contributed by atoms with E-state index in [-0.39, 0.29) is 0 Å². The van der Waals surface area contributed by atoms with E-state index in [1.807, 2.05) is 0 Å². The van der Waals surface area contributed by atoms with Gasteiger partial charge in [0.05, 0.1) is 27.2 Å². The van der Waals surface area contributed by atoms with Gasteiger partial charge in [-0.3, -0.25) is 0 Å². The second-order valence-corrected chi connectivity index (χ2v) is 11.0. The zero-order valence-electron chi connectivity index (χ0n) is 20.7. The molecule has 2 nitrogen and oxygen atoms in total. The molecule has 0 aliphatic carbocycles. The highest BCUT2D eigenvalue weighted by molar-refractivity contribution is 7.99. The lowest BCUT2D eigenvalue weighted by molar-refractivity contribution is -0.893. The molecule has 0 aromatic rings. The van der Waals surface area contributed by atoms with Crippen LogP contribution >= 0.6 is 11.8 Å². The number of unbranched alkanes of at least 4 members (excludes halogenated alkanes) is 13. The predicted molar refractivity (Wildman–Crippen MR) is 135 cm³/mol. The van der Waals surface area contributed by atoms with E-state index in [0.29, 0.717) is 6.61 Å². The van der Waals surface area contributed by atoms with Crippen LogP contribution in [0.25, 0.3) is 0 Å². The van der Waals surface area contributed by atoms with E-state index >= 15 is 0 Å². The molecule has 0 aliphatic rings. The minimum atomic E-state index is 0.326. The zero-order valence-corrected chi connectivity index (χ0v) is 21.5. The Morgan fingerprint density at radius 2 is 1.17 bits per heavy atom. The molecular weight excluding hydrogens is 374 g/mol. The van der Waals surface area contributed by atoms with E-state index in [1.165, 1.54) is 114 Å². The number of hydrogen-bond donors (Lipinski definition) is 1. The summed E-state index contributed by atoms with van der Waals surface area (Å²) >= 11 is 2.18. The Hall–Kier alpha value is 0.270. The smallest absolute Gasteiger partial charge is 0.0819 e. The van der Waals surface area contributed by atoms with E-state index in [0.717, 1.165) is 23.4 Å². The van der Waals surface area contributed by atoms with E-state index in [4.69, 9.17) is 5.11 Å². The molecule has 1 unspecified atom stereocenters. The van der Waals surface area contributed by atoms with E-state index in [2.05, 4.69) is 39.7 Å². The van der Waals surface area contributed by atoms with Crippen molar-refractivity contribution < 1.29 is 9.59 Å². The molecule has 0 fully saturated rings. The van der Waals surface area contributed by atoms with Crippen LogP contribution < -0.4 is 0 Å². The van der Waals surface area contributed by atoms with Crippen LogP contribution in [0.2, 0.25) is 0 Å². The number of aliphatic hydroxyl groups is 1. The van der Waals surface area contributed by atoms with Crippen LogP contribution in [0.1, 0.15) is 117 Å². The highest BCUT2D eigenvalue weighted by Crippen LogP contribution is 2.19. The maximum absolute atomic E-state index is 9.07. The summed E-state index contributed by atoms with van der Waals surface area (Å²) in [5.41, 5.74) is 0. The molecule has 0 aromatic carbocycles. The maximum atomic E-state index is 9.07. The van der Waals surface area contributed by atoms with Gasteiger partial charge in [-0.1, -0.05) is 97.3 Å². The van der Waals surface area contributed by atoms with Gasteiger partial charge in [0.2, 0.25) is 0 Å². The fourth-order valence-corrected chi connectivity index (χ4v) is 5.49. The predicted octanol–water partition coefficient (Wildman–Crippen LogP) is 7.69. The average molecular weight is 431 g/mol. The van der Waals surface area contributed by atoms with Gasteiger partial charge in [0, 0.05) is 24.7 Å². The van der Waals surface area contributed by atoms with Crippen LogP contribution in [-0.2, 0) is 0 Å². The fourth-order valence-electron chi connectivity index (χ4n) is 4.24. The van der Waals surface area contributed by atoms with Crippen LogP contribution in [-0.4, -0.2) is 54.9 Å². The third-order valence-electron chi connectivity index (χ3n) is 6.25. The summed E-state index contributed by atoms with van der Waals surface area (Å²) in [5, 5.41) is 9.07. The molecule has 0 aromatic heterocycles. The molecule has 0 rings (SSSR count). The first-order valence-electron chi connectivity index (χ1n) is 13.1. The Labute approximate surface area is 189 Å². The number of aliphatic hydroxyl groups excluding tert-OH is 1. The van der Waals surface area contributed by atoms with Crippen molar-refractivity contribution in [2.24, 2.45) is 5.92 Å². The number of quaternary nitrogens is 1. The summed E-state index contributed by atoms with van der Waals surface area (Å²) in [6.07, 6.45) is 22.5. The fraction of sp³-hybridized carbons (Fsp3) is 1.00. The van der Waals surface area contributed by atoms with Gasteiger partial charge in [0.25, 0.3) is 0 Å². The van der Waals surface area contributed by atoms with Crippen LogP contribution in [0.3, 0.4) is 0 Å². The lowest BCUT2D eigenvalue weighted by Gasteiger charge is -2.33. The monoisotopic (exact) mass is 430 g/mol. The van der Waals surface area contributed by atoms with Gasteiger partial charge in [-0.05, 0) is 18.6 Å². The second-order valence-electron chi connectivity index (χ2n) is 9.86. The average Bonchev–Trinajstić information content (AvgIpc) is 2.71. The number of rotatable bonds is 23. The Bertz CT molecular complexity index is 322. The summed E-state index contributed by atoms with van der Waals surface area (Å²) in [6.45, 7) is 7.31. The molecule has 1 atom stereocenters. The van der Waals surface area contributed by atoms with Crippen molar-refractivity contribution in [1.82, 2.24) is 0 Å². The van der Waals surface area contributed by atoms with Crippen molar-refractivity contribution in [2.75, 3.05) is 45.3 Å². The summed E-state index contributed by atoms with van der Waals surface area (Å²) in [4.78, 5) is 0. The van der Waals surface area contributed by atoms with E-state index in [9.17, 15) is 0 Å². The first-order chi connectivity index (χ1) is 14.1. The number of hydrogen-bond acceptors (Lipinski definition) is 2. The maximum Gasteiger partial charge on any atom is 0.0819 e. The molecule has 0 aliphatic heterocycles. The third kappa shape index (κ3) is 21.3.